The van der Waals surface area contributed by atoms with Gasteiger partial charge in [-0.2, -0.15) is 5.10 Å². The zero-order valence-corrected chi connectivity index (χ0v) is 17.7. The molecule has 1 fully saturated rings. The van der Waals surface area contributed by atoms with E-state index in [2.05, 4.69) is 20.4 Å². The maximum atomic E-state index is 12.6. The molecule has 156 valence electrons. The average Bonchev–Trinajstić information content (AvgIpc) is 3.25. The van der Waals surface area contributed by atoms with E-state index in [0.29, 0.717) is 11.4 Å². The zero-order chi connectivity index (χ0) is 20.9. The summed E-state index contributed by atoms with van der Waals surface area (Å²) in [5, 5.41) is 11.5. The number of H-pyrrole nitrogens is 1. The number of piperidine rings is 1. The molecule has 1 aliphatic heterocycles. The van der Waals surface area contributed by atoms with Gasteiger partial charge in [-0.3, -0.25) is 9.89 Å². The molecule has 0 saturated carbocycles. The summed E-state index contributed by atoms with van der Waals surface area (Å²) >= 11 is 5.98. The number of amides is 1. The molecule has 30 heavy (non-hydrogen) atoms. The van der Waals surface area contributed by atoms with Gasteiger partial charge in [0.1, 0.15) is 5.75 Å². The molecule has 4 rings (SSSR count). The Morgan fingerprint density at radius 2 is 2.07 bits per heavy atom. The first-order valence-corrected chi connectivity index (χ1v) is 10.5. The Kier molecular flexibility index (Phi) is 6.23. The zero-order valence-electron chi connectivity index (χ0n) is 16.9. The van der Waals surface area contributed by atoms with Crippen LogP contribution in [0.4, 0.5) is 5.82 Å². The van der Waals surface area contributed by atoms with Gasteiger partial charge >= 0.3 is 0 Å². The van der Waals surface area contributed by atoms with Gasteiger partial charge in [-0.05, 0) is 36.6 Å². The summed E-state index contributed by atoms with van der Waals surface area (Å²) in [7, 11) is 1.62. The van der Waals surface area contributed by atoms with E-state index in [1.807, 2.05) is 54.6 Å². The number of carbonyl (C=O) groups excluding carboxylic acids is 1. The van der Waals surface area contributed by atoms with Crippen molar-refractivity contribution in [1.29, 1.82) is 0 Å². The minimum Gasteiger partial charge on any atom is -0.496 e. The van der Waals surface area contributed by atoms with E-state index in [9.17, 15) is 4.79 Å². The lowest BCUT2D eigenvalue weighted by Crippen LogP contribution is -2.48. The van der Waals surface area contributed by atoms with Crippen molar-refractivity contribution in [2.45, 2.75) is 25.3 Å². The molecule has 1 amide bonds. The number of nitrogens with one attached hydrogen (secondary N) is 2. The number of carbonyl (C=O) groups is 1. The van der Waals surface area contributed by atoms with Crippen LogP contribution in [0.25, 0.3) is 11.3 Å². The minimum absolute atomic E-state index is 0.00947. The molecule has 1 aromatic heterocycles. The number of para-hydroxylation sites is 1. The highest BCUT2D eigenvalue weighted by molar-refractivity contribution is 6.30. The Bertz CT molecular complexity index is 1000. The lowest BCUT2D eigenvalue weighted by molar-refractivity contribution is -0.121. The van der Waals surface area contributed by atoms with Gasteiger partial charge < -0.3 is 15.0 Å². The van der Waals surface area contributed by atoms with E-state index in [4.69, 9.17) is 16.3 Å². The summed E-state index contributed by atoms with van der Waals surface area (Å²) in [5.41, 5.74) is 2.88. The smallest absolute Gasteiger partial charge is 0.224 e. The molecule has 1 aliphatic rings. The number of benzene rings is 2. The van der Waals surface area contributed by atoms with Crippen LogP contribution in [0.5, 0.6) is 5.75 Å². The van der Waals surface area contributed by atoms with Crippen LogP contribution in [0.1, 0.15) is 18.4 Å². The fraction of sp³-hybridized carbons (Fsp3) is 0.304. The fourth-order valence-corrected chi connectivity index (χ4v) is 3.98. The number of ether oxygens (including phenoxy) is 1. The monoisotopic (exact) mass is 424 g/mol. The van der Waals surface area contributed by atoms with Gasteiger partial charge in [0.15, 0.2) is 5.82 Å². The van der Waals surface area contributed by atoms with Crippen molar-refractivity contribution in [1.82, 2.24) is 15.5 Å². The first-order valence-electron chi connectivity index (χ1n) is 10.1. The molecule has 1 saturated heterocycles. The van der Waals surface area contributed by atoms with Crippen molar-refractivity contribution < 1.29 is 9.53 Å². The number of rotatable bonds is 6. The second kappa shape index (κ2) is 9.22. The van der Waals surface area contributed by atoms with Gasteiger partial charge in [-0.15, -0.1) is 0 Å². The van der Waals surface area contributed by atoms with Crippen molar-refractivity contribution in [3.05, 3.63) is 65.2 Å². The van der Waals surface area contributed by atoms with Crippen molar-refractivity contribution in [3.63, 3.8) is 0 Å². The molecule has 0 unspecified atom stereocenters. The molecule has 6 nitrogen and oxygen atoms in total. The number of hydrogen-bond acceptors (Lipinski definition) is 4. The van der Waals surface area contributed by atoms with Crippen molar-refractivity contribution in [3.8, 4) is 17.0 Å². The van der Waals surface area contributed by atoms with Gasteiger partial charge in [-0.25, -0.2) is 0 Å². The molecule has 2 aromatic carbocycles. The van der Waals surface area contributed by atoms with Crippen molar-refractivity contribution in [2.75, 3.05) is 25.1 Å². The molecule has 0 bridgehead atoms. The standard InChI is InChI=1S/C23H25ClN4O2/c1-30-21-7-3-2-5-17(21)13-23(29)25-19-6-4-12-28(15-19)22-14-20(26-27-22)16-8-10-18(24)11-9-16/h2-3,5,7-11,14,19H,4,6,12-13,15H2,1H3,(H,25,29)(H,26,27)/t19-/m0/s1. The molecule has 2 N–H and O–H groups in total. The van der Waals surface area contributed by atoms with Gasteiger partial charge in [0, 0.05) is 35.8 Å². The lowest BCUT2D eigenvalue weighted by atomic mass is 10.0. The number of aromatic amines is 1. The summed E-state index contributed by atoms with van der Waals surface area (Å²) < 4.78 is 5.35. The molecule has 2 heterocycles. The largest absolute Gasteiger partial charge is 0.496 e. The van der Waals surface area contributed by atoms with E-state index in [-0.39, 0.29) is 11.9 Å². The Morgan fingerprint density at radius 1 is 1.27 bits per heavy atom. The topological polar surface area (TPSA) is 70.2 Å². The van der Waals surface area contributed by atoms with E-state index in [1.54, 1.807) is 7.11 Å². The molecule has 0 spiro atoms. The number of anilines is 1. The Labute approximate surface area is 181 Å². The Morgan fingerprint density at radius 3 is 2.87 bits per heavy atom. The van der Waals surface area contributed by atoms with Crippen LogP contribution in [0.15, 0.2) is 54.6 Å². The molecule has 3 aromatic rings. The first-order chi connectivity index (χ1) is 14.6. The third-order valence-corrected chi connectivity index (χ3v) is 5.63. The average molecular weight is 425 g/mol. The third-order valence-electron chi connectivity index (χ3n) is 5.37. The number of aromatic nitrogens is 2. The SMILES string of the molecule is COc1ccccc1CC(=O)N[C@H]1CCCN(c2cc(-c3ccc(Cl)cc3)[nH]n2)C1. The van der Waals surface area contributed by atoms with Crippen LogP contribution in [-0.2, 0) is 11.2 Å². The molecule has 0 aliphatic carbocycles. The van der Waals surface area contributed by atoms with Crippen molar-refractivity contribution in [2.24, 2.45) is 0 Å². The van der Waals surface area contributed by atoms with Gasteiger partial charge in [0.25, 0.3) is 0 Å². The summed E-state index contributed by atoms with van der Waals surface area (Å²) in [6.07, 6.45) is 2.27. The van der Waals surface area contributed by atoms with Crippen LogP contribution in [0, 0.1) is 0 Å². The molecule has 0 radical (unpaired) electrons. The number of halogens is 1. The third kappa shape index (κ3) is 4.76. The maximum Gasteiger partial charge on any atom is 0.224 e. The highest BCUT2D eigenvalue weighted by Crippen LogP contribution is 2.25. The normalized spacial score (nSPS) is 16.3. The van der Waals surface area contributed by atoms with Gasteiger partial charge in [0.05, 0.1) is 19.2 Å². The predicted molar refractivity (Wildman–Crippen MR) is 119 cm³/mol. The second-order valence-corrected chi connectivity index (χ2v) is 7.92. The molecular weight excluding hydrogens is 400 g/mol. The summed E-state index contributed by atoms with van der Waals surface area (Å²) in [4.78, 5) is 14.8. The van der Waals surface area contributed by atoms with Crippen LogP contribution in [0.3, 0.4) is 0 Å². The highest BCUT2D eigenvalue weighted by atomic mass is 35.5. The number of nitrogens with zero attached hydrogens (tertiary/aromatic N) is 2. The van der Waals surface area contributed by atoms with E-state index >= 15 is 0 Å². The Hall–Kier alpha value is -2.99. The lowest BCUT2D eigenvalue weighted by Gasteiger charge is -2.33. The number of hydrogen-bond donors (Lipinski definition) is 2. The molecule has 1 atom stereocenters. The van der Waals surface area contributed by atoms with Gasteiger partial charge in [-0.1, -0.05) is 41.9 Å². The van der Waals surface area contributed by atoms with Crippen molar-refractivity contribution >= 4 is 23.3 Å². The summed E-state index contributed by atoms with van der Waals surface area (Å²) in [6, 6.07) is 17.4. The number of methoxy groups -OCH3 is 1. The van der Waals surface area contributed by atoms with Crippen LogP contribution < -0.4 is 15.0 Å². The van der Waals surface area contributed by atoms with E-state index < -0.39 is 0 Å². The summed E-state index contributed by atoms with van der Waals surface area (Å²) in [5.74, 6) is 1.64. The summed E-state index contributed by atoms with van der Waals surface area (Å²) in [6.45, 7) is 1.66. The first kappa shape index (κ1) is 20.3. The van der Waals surface area contributed by atoms with Crippen LogP contribution in [0.2, 0.25) is 5.02 Å². The molecular formula is C23H25ClN4O2. The highest BCUT2D eigenvalue weighted by Gasteiger charge is 2.23. The second-order valence-electron chi connectivity index (χ2n) is 7.49. The minimum atomic E-state index is 0.00947. The fourth-order valence-electron chi connectivity index (χ4n) is 3.85. The van der Waals surface area contributed by atoms with Gasteiger partial charge in [0.2, 0.25) is 5.91 Å². The molecule has 7 heteroatoms. The van der Waals surface area contributed by atoms with E-state index in [1.165, 1.54) is 0 Å². The predicted octanol–water partition coefficient (Wildman–Crippen LogP) is 4.07. The van der Waals surface area contributed by atoms with Crippen LogP contribution >= 0.6 is 11.6 Å². The maximum absolute atomic E-state index is 12.6. The quantitative estimate of drug-likeness (QED) is 0.625. The van der Waals surface area contributed by atoms with Crippen LogP contribution in [-0.4, -0.2) is 42.3 Å². The van der Waals surface area contributed by atoms with E-state index in [0.717, 1.165) is 54.3 Å². The Balaban J connectivity index is 1.37.